The summed E-state index contributed by atoms with van der Waals surface area (Å²) in [6.45, 7) is 1.40. The van der Waals surface area contributed by atoms with Crippen molar-refractivity contribution in [2.24, 2.45) is 0 Å². The van der Waals surface area contributed by atoms with Crippen molar-refractivity contribution in [3.8, 4) is 0 Å². The maximum absolute atomic E-state index is 12.7. The predicted molar refractivity (Wildman–Crippen MR) is 88.8 cm³/mol. The number of hydrogen-bond donors (Lipinski definition) is 1. The molecule has 8 heteroatoms. The van der Waals surface area contributed by atoms with Gasteiger partial charge in [-0.05, 0) is 30.2 Å². The highest BCUT2D eigenvalue weighted by molar-refractivity contribution is 6.23. The lowest BCUT2D eigenvalue weighted by Gasteiger charge is -2.27. The maximum Gasteiger partial charge on any atom is 0.302 e. The SMILES string of the molecule is CC(=O)OCC=Cc1ccc2c(c1)C(=O)N(C1CCC(=O)NC1=O)C2=O. The molecular formula is C18H16N2O6. The van der Waals surface area contributed by atoms with Crippen molar-refractivity contribution < 1.29 is 28.7 Å². The third-order valence-electron chi connectivity index (χ3n) is 4.16. The Balaban J connectivity index is 1.80. The number of amides is 4. The van der Waals surface area contributed by atoms with Crippen molar-refractivity contribution >= 4 is 35.7 Å². The third kappa shape index (κ3) is 3.26. The van der Waals surface area contributed by atoms with Crippen LogP contribution in [-0.2, 0) is 19.1 Å². The van der Waals surface area contributed by atoms with Crippen molar-refractivity contribution in [2.45, 2.75) is 25.8 Å². The van der Waals surface area contributed by atoms with Gasteiger partial charge in [0.1, 0.15) is 12.6 Å². The second kappa shape index (κ2) is 6.91. The van der Waals surface area contributed by atoms with E-state index in [0.717, 1.165) is 4.90 Å². The van der Waals surface area contributed by atoms with E-state index in [0.29, 0.717) is 5.56 Å². The first-order valence-corrected chi connectivity index (χ1v) is 8.04. The van der Waals surface area contributed by atoms with E-state index in [4.69, 9.17) is 4.74 Å². The quantitative estimate of drug-likeness (QED) is 0.627. The van der Waals surface area contributed by atoms with Gasteiger partial charge in [-0.1, -0.05) is 12.1 Å². The number of ether oxygens (including phenoxy) is 1. The first-order chi connectivity index (χ1) is 12.4. The summed E-state index contributed by atoms with van der Waals surface area (Å²) in [7, 11) is 0. The van der Waals surface area contributed by atoms with Crippen molar-refractivity contribution in [3.05, 3.63) is 41.0 Å². The van der Waals surface area contributed by atoms with E-state index in [9.17, 15) is 24.0 Å². The average Bonchev–Trinajstić information content (AvgIpc) is 2.83. The molecule has 2 aliphatic rings. The number of nitrogens with one attached hydrogen (secondary N) is 1. The van der Waals surface area contributed by atoms with Gasteiger partial charge in [0, 0.05) is 13.3 Å². The highest BCUT2D eigenvalue weighted by atomic mass is 16.5. The number of piperidine rings is 1. The van der Waals surface area contributed by atoms with Crippen LogP contribution in [-0.4, -0.2) is 47.1 Å². The smallest absolute Gasteiger partial charge is 0.302 e. The summed E-state index contributed by atoms with van der Waals surface area (Å²) in [4.78, 5) is 60.1. The number of imide groups is 2. The molecule has 0 radical (unpaired) electrons. The molecule has 26 heavy (non-hydrogen) atoms. The molecule has 8 nitrogen and oxygen atoms in total. The van der Waals surface area contributed by atoms with Crippen LogP contribution in [0.4, 0.5) is 0 Å². The van der Waals surface area contributed by atoms with E-state index in [1.807, 2.05) is 0 Å². The molecule has 0 aliphatic carbocycles. The first kappa shape index (κ1) is 17.5. The van der Waals surface area contributed by atoms with Crippen LogP contribution in [0.25, 0.3) is 6.08 Å². The lowest BCUT2D eigenvalue weighted by atomic mass is 10.0. The van der Waals surface area contributed by atoms with Crippen molar-refractivity contribution in [1.82, 2.24) is 10.2 Å². The fourth-order valence-electron chi connectivity index (χ4n) is 2.94. The number of fused-ring (bicyclic) bond motifs is 1. The van der Waals surface area contributed by atoms with Gasteiger partial charge in [-0.2, -0.15) is 0 Å². The van der Waals surface area contributed by atoms with Crippen LogP contribution in [0.2, 0.25) is 0 Å². The van der Waals surface area contributed by atoms with E-state index in [1.54, 1.807) is 24.3 Å². The highest BCUT2D eigenvalue weighted by Gasteiger charge is 2.44. The number of esters is 1. The Kier molecular flexibility index (Phi) is 4.66. The lowest BCUT2D eigenvalue weighted by molar-refractivity contribution is -0.140. The Labute approximate surface area is 148 Å². The molecule has 1 aromatic rings. The fraction of sp³-hybridized carbons (Fsp3) is 0.278. The second-order valence-electron chi connectivity index (χ2n) is 5.96. The summed E-state index contributed by atoms with van der Waals surface area (Å²) in [5.41, 5.74) is 1.08. The van der Waals surface area contributed by atoms with Crippen LogP contribution in [0, 0.1) is 0 Å². The van der Waals surface area contributed by atoms with Crippen molar-refractivity contribution in [2.75, 3.05) is 6.61 Å². The Morgan fingerprint density at radius 1 is 1.23 bits per heavy atom. The zero-order valence-corrected chi connectivity index (χ0v) is 14.0. The van der Waals surface area contributed by atoms with Crippen LogP contribution >= 0.6 is 0 Å². The van der Waals surface area contributed by atoms with Crippen LogP contribution in [0.15, 0.2) is 24.3 Å². The number of carbonyl (C=O) groups excluding carboxylic acids is 5. The standard InChI is InChI=1S/C18H16N2O6/c1-10(21)26-8-2-3-11-4-5-12-13(9-11)18(25)20(17(12)24)14-6-7-15(22)19-16(14)23/h2-5,9,14H,6-8H2,1H3,(H,19,22,23). The van der Waals surface area contributed by atoms with Gasteiger partial charge in [-0.3, -0.25) is 34.2 Å². The largest absolute Gasteiger partial charge is 0.462 e. The van der Waals surface area contributed by atoms with Crippen molar-refractivity contribution in [1.29, 1.82) is 0 Å². The molecule has 1 saturated heterocycles. The molecule has 0 bridgehead atoms. The normalized spacial score (nSPS) is 19.7. The molecule has 1 fully saturated rings. The number of benzene rings is 1. The zero-order valence-electron chi connectivity index (χ0n) is 14.0. The Morgan fingerprint density at radius 3 is 2.65 bits per heavy atom. The summed E-state index contributed by atoms with van der Waals surface area (Å²) in [6, 6.07) is 3.74. The Morgan fingerprint density at radius 2 is 1.96 bits per heavy atom. The molecule has 1 N–H and O–H groups in total. The van der Waals surface area contributed by atoms with Crippen LogP contribution in [0.3, 0.4) is 0 Å². The summed E-state index contributed by atoms with van der Waals surface area (Å²) < 4.78 is 4.78. The van der Waals surface area contributed by atoms with Gasteiger partial charge in [0.15, 0.2) is 0 Å². The summed E-state index contributed by atoms with van der Waals surface area (Å²) >= 11 is 0. The summed E-state index contributed by atoms with van der Waals surface area (Å²) in [6.07, 6.45) is 3.47. The van der Waals surface area contributed by atoms with Gasteiger partial charge in [0.05, 0.1) is 11.1 Å². The Hall–Kier alpha value is -3.29. The third-order valence-corrected chi connectivity index (χ3v) is 4.16. The monoisotopic (exact) mass is 356 g/mol. The zero-order chi connectivity index (χ0) is 18.8. The molecule has 0 saturated carbocycles. The molecule has 4 amide bonds. The van der Waals surface area contributed by atoms with E-state index in [-0.39, 0.29) is 30.6 Å². The summed E-state index contributed by atoms with van der Waals surface area (Å²) in [5, 5.41) is 2.15. The lowest BCUT2D eigenvalue weighted by Crippen LogP contribution is -2.54. The van der Waals surface area contributed by atoms with E-state index >= 15 is 0 Å². The second-order valence-corrected chi connectivity index (χ2v) is 5.96. The molecular weight excluding hydrogens is 340 g/mol. The molecule has 1 unspecified atom stereocenters. The van der Waals surface area contributed by atoms with Crippen LogP contribution < -0.4 is 5.32 Å². The maximum atomic E-state index is 12.7. The number of rotatable bonds is 4. The number of nitrogens with zero attached hydrogens (tertiary/aromatic N) is 1. The molecule has 134 valence electrons. The number of carbonyl (C=O) groups is 5. The van der Waals surface area contributed by atoms with Crippen molar-refractivity contribution in [3.63, 3.8) is 0 Å². The predicted octanol–water partition coefficient (Wildman–Crippen LogP) is 0.664. The van der Waals surface area contributed by atoms with E-state index in [2.05, 4.69) is 5.32 Å². The van der Waals surface area contributed by atoms with Crippen LogP contribution in [0.1, 0.15) is 46.0 Å². The van der Waals surface area contributed by atoms with Gasteiger partial charge < -0.3 is 4.74 Å². The molecule has 2 heterocycles. The summed E-state index contributed by atoms with van der Waals surface area (Å²) in [5.74, 6) is -2.56. The molecule has 0 aromatic heterocycles. The Bertz CT molecular complexity index is 857. The highest BCUT2D eigenvalue weighted by Crippen LogP contribution is 2.28. The van der Waals surface area contributed by atoms with Gasteiger partial charge in [0.25, 0.3) is 11.8 Å². The molecule has 1 atom stereocenters. The first-order valence-electron chi connectivity index (χ1n) is 8.04. The van der Waals surface area contributed by atoms with E-state index in [1.165, 1.54) is 13.0 Å². The van der Waals surface area contributed by atoms with E-state index < -0.39 is 35.6 Å². The minimum absolute atomic E-state index is 0.0773. The average molecular weight is 356 g/mol. The van der Waals surface area contributed by atoms with Gasteiger partial charge >= 0.3 is 5.97 Å². The molecule has 3 rings (SSSR count). The fourth-order valence-corrected chi connectivity index (χ4v) is 2.94. The van der Waals surface area contributed by atoms with Gasteiger partial charge in [-0.15, -0.1) is 0 Å². The molecule has 2 aliphatic heterocycles. The topological polar surface area (TPSA) is 110 Å². The van der Waals surface area contributed by atoms with Gasteiger partial charge in [0.2, 0.25) is 11.8 Å². The molecule has 1 aromatic carbocycles. The minimum Gasteiger partial charge on any atom is -0.462 e. The number of hydrogen-bond acceptors (Lipinski definition) is 6. The van der Waals surface area contributed by atoms with Gasteiger partial charge in [-0.25, -0.2) is 0 Å². The van der Waals surface area contributed by atoms with Crippen LogP contribution in [0.5, 0.6) is 0 Å². The molecule has 0 spiro atoms. The minimum atomic E-state index is -0.983.